The van der Waals surface area contributed by atoms with Crippen molar-refractivity contribution >= 4 is 39.3 Å². The Morgan fingerprint density at radius 2 is 1.70 bits per heavy atom. The van der Waals surface area contributed by atoms with Gasteiger partial charge in [0, 0.05) is 16.1 Å². The van der Waals surface area contributed by atoms with Crippen LogP contribution in [0.3, 0.4) is 0 Å². The lowest BCUT2D eigenvalue weighted by molar-refractivity contribution is -0.274. The maximum Gasteiger partial charge on any atom is 0.573 e. The number of carbonyl (C=O) groups is 1. The molecule has 0 unspecified atom stereocenters. The molecule has 0 amide bonds. The van der Waals surface area contributed by atoms with E-state index in [2.05, 4.69) is 25.4 Å². The smallest absolute Gasteiger partial charge is 0.406 e. The zero-order chi connectivity index (χ0) is 16.9. The monoisotopic (exact) mass is 405 g/mol. The minimum atomic E-state index is -4.69. The first kappa shape index (κ1) is 17.7. The summed E-state index contributed by atoms with van der Waals surface area (Å²) >= 11 is 4.34. The van der Waals surface area contributed by atoms with Crippen molar-refractivity contribution in [2.24, 2.45) is 0 Å². The Balaban J connectivity index is 1.92. The molecule has 8 heteroatoms. The third-order valence-corrected chi connectivity index (χ3v) is 4.03. The summed E-state index contributed by atoms with van der Waals surface area (Å²) in [5.41, 5.74) is 1.38. The van der Waals surface area contributed by atoms with Gasteiger partial charge in [0.25, 0.3) is 0 Å². The van der Waals surface area contributed by atoms with E-state index in [0.29, 0.717) is 5.56 Å². The number of rotatable bonds is 6. The molecule has 122 valence electrons. The van der Waals surface area contributed by atoms with E-state index in [1.54, 1.807) is 24.3 Å². The van der Waals surface area contributed by atoms with E-state index < -0.39 is 6.36 Å². The number of hydrogen-bond acceptors (Lipinski definition) is 4. The van der Waals surface area contributed by atoms with Crippen LogP contribution in [0.25, 0.3) is 0 Å². The van der Waals surface area contributed by atoms with Gasteiger partial charge in [-0.2, -0.15) is 0 Å². The molecule has 0 radical (unpaired) electrons. The average molecular weight is 406 g/mol. The first-order chi connectivity index (χ1) is 10.9. The Hall–Kier alpha value is -1.67. The molecule has 0 aliphatic rings. The molecule has 0 aliphatic heterocycles. The molecule has 1 N–H and O–H groups in total. The maximum absolute atomic E-state index is 12.1. The fourth-order valence-electron chi connectivity index (χ4n) is 1.63. The summed E-state index contributed by atoms with van der Waals surface area (Å²) in [5.74, 6) is -0.274. The molecule has 0 saturated heterocycles. The number of ketones is 1. The number of carbonyl (C=O) groups excluding carboxylic acids is 1. The van der Waals surface area contributed by atoms with Gasteiger partial charge in [-0.25, -0.2) is 0 Å². The highest BCUT2D eigenvalue weighted by molar-refractivity contribution is 9.09. The van der Waals surface area contributed by atoms with Crippen molar-refractivity contribution < 1.29 is 22.7 Å². The zero-order valence-electron chi connectivity index (χ0n) is 11.6. The summed E-state index contributed by atoms with van der Waals surface area (Å²) in [7, 11) is 0. The van der Waals surface area contributed by atoms with Gasteiger partial charge in [-0.15, -0.1) is 13.2 Å². The SMILES string of the molecule is O=C(CBr)c1ccc(NSc2ccc(OC(F)(F)F)cc2)cc1. The molecule has 0 atom stereocenters. The summed E-state index contributed by atoms with van der Waals surface area (Å²) in [6, 6.07) is 12.4. The van der Waals surface area contributed by atoms with E-state index in [0.717, 1.165) is 10.6 Å². The highest BCUT2D eigenvalue weighted by Gasteiger charge is 2.30. The number of nitrogens with one attached hydrogen (secondary N) is 1. The van der Waals surface area contributed by atoms with Crippen LogP contribution in [-0.2, 0) is 0 Å². The van der Waals surface area contributed by atoms with Crippen molar-refractivity contribution in [2.45, 2.75) is 11.3 Å². The standard InChI is InChI=1S/C15H11BrF3NO2S/c16-9-14(21)10-1-3-11(4-2-10)20-23-13-7-5-12(6-8-13)22-15(17,18)19/h1-8,20H,9H2. The second-order valence-electron chi connectivity index (χ2n) is 4.36. The largest absolute Gasteiger partial charge is 0.573 e. The van der Waals surface area contributed by atoms with Gasteiger partial charge in [-0.3, -0.25) is 4.79 Å². The van der Waals surface area contributed by atoms with E-state index in [4.69, 9.17) is 0 Å². The van der Waals surface area contributed by atoms with E-state index >= 15 is 0 Å². The first-order valence-corrected chi connectivity index (χ1v) is 8.29. The van der Waals surface area contributed by atoms with Crippen molar-refractivity contribution in [3.05, 3.63) is 54.1 Å². The van der Waals surface area contributed by atoms with E-state index in [9.17, 15) is 18.0 Å². The normalized spacial score (nSPS) is 11.1. The Morgan fingerprint density at radius 3 is 2.22 bits per heavy atom. The molecule has 0 aromatic heterocycles. The minimum absolute atomic E-state index is 0.00976. The van der Waals surface area contributed by atoms with Crippen LogP contribution in [0, 0.1) is 0 Å². The van der Waals surface area contributed by atoms with Gasteiger partial charge in [0.2, 0.25) is 0 Å². The predicted octanol–water partition coefficient (Wildman–Crippen LogP) is 5.28. The highest BCUT2D eigenvalue weighted by atomic mass is 79.9. The Morgan fingerprint density at radius 1 is 1.09 bits per heavy atom. The molecule has 0 fully saturated rings. The van der Waals surface area contributed by atoms with Crippen molar-refractivity contribution in [1.82, 2.24) is 0 Å². The molecule has 2 aromatic rings. The number of ether oxygens (including phenoxy) is 1. The third-order valence-electron chi connectivity index (χ3n) is 2.67. The molecule has 0 heterocycles. The minimum Gasteiger partial charge on any atom is -0.406 e. The van der Waals surface area contributed by atoms with Crippen LogP contribution in [0.2, 0.25) is 0 Å². The van der Waals surface area contributed by atoms with Crippen molar-refractivity contribution in [3.63, 3.8) is 0 Å². The highest BCUT2D eigenvalue weighted by Crippen LogP contribution is 2.27. The maximum atomic E-state index is 12.1. The van der Waals surface area contributed by atoms with E-state index in [-0.39, 0.29) is 16.9 Å². The summed E-state index contributed by atoms with van der Waals surface area (Å²) in [6.07, 6.45) is -4.69. The van der Waals surface area contributed by atoms with Crippen LogP contribution in [0.4, 0.5) is 18.9 Å². The number of Topliss-reactive ketones (excluding diaryl/α,β-unsaturated/α-hetero) is 1. The van der Waals surface area contributed by atoms with Gasteiger partial charge in [0.1, 0.15) is 5.75 Å². The van der Waals surface area contributed by atoms with Gasteiger partial charge in [0.15, 0.2) is 5.78 Å². The topological polar surface area (TPSA) is 38.3 Å². The fraction of sp³-hybridized carbons (Fsp3) is 0.133. The van der Waals surface area contributed by atoms with Crippen molar-refractivity contribution in [1.29, 1.82) is 0 Å². The molecule has 0 bridgehead atoms. The zero-order valence-corrected chi connectivity index (χ0v) is 14.0. The van der Waals surface area contributed by atoms with Crippen LogP contribution in [-0.4, -0.2) is 17.5 Å². The number of hydrogen-bond donors (Lipinski definition) is 1. The van der Waals surface area contributed by atoms with Gasteiger partial charge in [-0.05, 0) is 60.5 Å². The quantitative estimate of drug-likeness (QED) is 0.403. The van der Waals surface area contributed by atoms with Crippen LogP contribution in [0.15, 0.2) is 53.4 Å². The molecule has 23 heavy (non-hydrogen) atoms. The second-order valence-corrected chi connectivity index (χ2v) is 5.80. The summed E-state index contributed by atoms with van der Waals surface area (Å²) in [4.78, 5) is 12.2. The molecule has 0 spiro atoms. The number of alkyl halides is 4. The van der Waals surface area contributed by atoms with E-state index in [1.807, 2.05) is 0 Å². The second kappa shape index (κ2) is 7.74. The first-order valence-electron chi connectivity index (χ1n) is 6.35. The molecule has 3 nitrogen and oxygen atoms in total. The summed E-state index contributed by atoms with van der Waals surface area (Å²) in [5, 5.41) is 0.265. The average Bonchev–Trinajstić information content (AvgIpc) is 2.52. The van der Waals surface area contributed by atoms with Gasteiger partial charge in [0.05, 0.1) is 5.33 Å². The van der Waals surface area contributed by atoms with E-state index in [1.165, 1.54) is 36.2 Å². The van der Waals surface area contributed by atoms with Crippen LogP contribution in [0.1, 0.15) is 10.4 Å². The number of benzene rings is 2. The lowest BCUT2D eigenvalue weighted by Gasteiger charge is -2.09. The fourth-order valence-corrected chi connectivity index (χ4v) is 2.60. The number of halogens is 4. The van der Waals surface area contributed by atoms with Crippen LogP contribution < -0.4 is 9.46 Å². The number of anilines is 1. The Kier molecular flexibility index (Phi) is 5.95. The molecule has 0 saturated carbocycles. The van der Waals surface area contributed by atoms with Gasteiger partial charge in [-0.1, -0.05) is 15.9 Å². The molecule has 2 aromatic carbocycles. The summed E-state index contributed by atoms with van der Waals surface area (Å²) < 4.78 is 43.0. The Bertz CT molecular complexity index is 660. The van der Waals surface area contributed by atoms with Gasteiger partial charge < -0.3 is 9.46 Å². The van der Waals surface area contributed by atoms with Gasteiger partial charge >= 0.3 is 6.36 Å². The van der Waals surface area contributed by atoms with Crippen LogP contribution >= 0.6 is 27.9 Å². The summed E-state index contributed by atoms with van der Waals surface area (Å²) in [6.45, 7) is 0. The lowest BCUT2D eigenvalue weighted by atomic mass is 10.1. The molecular weight excluding hydrogens is 395 g/mol. The molecule has 2 rings (SSSR count). The third kappa shape index (κ3) is 5.80. The van der Waals surface area contributed by atoms with Crippen LogP contribution in [0.5, 0.6) is 5.75 Å². The molecule has 0 aliphatic carbocycles. The Labute approximate surface area is 143 Å². The predicted molar refractivity (Wildman–Crippen MR) is 87.2 cm³/mol. The van der Waals surface area contributed by atoms with Crippen molar-refractivity contribution in [2.75, 3.05) is 10.1 Å². The molecular formula is C15H11BrF3NO2S. The van der Waals surface area contributed by atoms with Crippen molar-refractivity contribution in [3.8, 4) is 5.75 Å². The lowest BCUT2D eigenvalue weighted by Crippen LogP contribution is -2.16.